The van der Waals surface area contributed by atoms with Gasteiger partial charge in [0.05, 0.1) is 31.6 Å². The van der Waals surface area contributed by atoms with Crippen molar-refractivity contribution in [3.05, 3.63) is 89.3 Å². The molecule has 1 amide bonds. The van der Waals surface area contributed by atoms with Gasteiger partial charge in [-0.3, -0.25) is 14.8 Å². The van der Waals surface area contributed by atoms with E-state index in [-0.39, 0.29) is 5.91 Å². The molecule has 2 aromatic carbocycles. The summed E-state index contributed by atoms with van der Waals surface area (Å²) in [5, 5.41) is 7.28. The number of fused-ring (bicyclic) bond motifs is 1. The lowest BCUT2D eigenvalue weighted by atomic mass is 9.97. The smallest absolute Gasteiger partial charge is 0.338 e. The highest BCUT2D eigenvalue weighted by atomic mass is 16.5. The first-order valence-electron chi connectivity index (χ1n) is 10.5. The zero-order chi connectivity index (χ0) is 22.9. The molecule has 0 spiro atoms. The number of benzene rings is 2. The summed E-state index contributed by atoms with van der Waals surface area (Å²) in [5.41, 5.74) is 3.65. The second-order valence-corrected chi connectivity index (χ2v) is 7.46. The summed E-state index contributed by atoms with van der Waals surface area (Å²) in [7, 11) is 1.61. The molecule has 0 fully saturated rings. The first-order chi connectivity index (χ1) is 16.1. The zero-order valence-corrected chi connectivity index (χ0v) is 18.1. The van der Waals surface area contributed by atoms with E-state index < -0.39 is 12.0 Å². The Labute approximate surface area is 189 Å². The largest absolute Gasteiger partial charge is 0.497 e. The van der Waals surface area contributed by atoms with Crippen LogP contribution in [0.2, 0.25) is 0 Å². The van der Waals surface area contributed by atoms with Gasteiger partial charge in [-0.05, 0) is 61.0 Å². The Balaban J connectivity index is 1.62. The number of rotatable bonds is 6. The highest BCUT2D eigenvalue weighted by Crippen LogP contribution is 2.45. The fourth-order valence-corrected chi connectivity index (χ4v) is 4.09. The third-order valence-corrected chi connectivity index (χ3v) is 5.61. The van der Waals surface area contributed by atoms with Crippen molar-refractivity contribution in [2.75, 3.05) is 18.6 Å². The summed E-state index contributed by atoms with van der Waals surface area (Å²) in [6.45, 7) is 2.05. The number of carbonyl (C=O) groups is 2. The van der Waals surface area contributed by atoms with Crippen LogP contribution in [0.4, 0.5) is 5.69 Å². The molecule has 1 aliphatic heterocycles. The third kappa shape index (κ3) is 3.45. The van der Waals surface area contributed by atoms with Gasteiger partial charge < -0.3 is 13.9 Å². The number of ether oxygens (including phenoxy) is 2. The van der Waals surface area contributed by atoms with E-state index in [1.54, 1.807) is 55.5 Å². The topological polar surface area (TPSA) is 97.7 Å². The number of H-pyrrole nitrogens is 1. The lowest BCUT2D eigenvalue weighted by molar-refractivity contribution is 0.0526. The number of nitrogens with one attached hydrogen (secondary N) is 1. The number of hydrogen-bond acceptors (Lipinski definition) is 6. The Morgan fingerprint density at radius 2 is 1.88 bits per heavy atom. The maximum Gasteiger partial charge on any atom is 0.338 e. The van der Waals surface area contributed by atoms with Crippen molar-refractivity contribution in [1.82, 2.24) is 10.2 Å². The van der Waals surface area contributed by atoms with Crippen LogP contribution in [0.1, 0.15) is 44.9 Å². The van der Waals surface area contributed by atoms with Crippen molar-refractivity contribution in [3.63, 3.8) is 0 Å². The maximum absolute atomic E-state index is 13.5. The molecule has 4 aromatic rings. The molecule has 0 saturated heterocycles. The Morgan fingerprint density at radius 1 is 1.12 bits per heavy atom. The summed E-state index contributed by atoms with van der Waals surface area (Å²) in [6.07, 6.45) is 1.58. The monoisotopic (exact) mass is 443 g/mol. The molecule has 3 heterocycles. The van der Waals surface area contributed by atoms with E-state index >= 15 is 0 Å². The summed E-state index contributed by atoms with van der Waals surface area (Å²) < 4.78 is 16.0. The van der Waals surface area contributed by atoms with E-state index in [1.165, 1.54) is 0 Å². The van der Waals surface area contributed by atoms with Gasteiger partial charge in [0.1, 0.15) is 11.4 Å². The molecule has 0 bridgehead atoms. The average Bonchev–Trinajstić information content (AvgIpc) is 3.57. The minimum absolute atomic E-state index is 0.247. The first kappa shape index (κ1) is 20.6. The normalized spacial score (nSPS) is 14.9. The van der Waals surface area contributed by atoms with Gasteiger partial charge in [0.25, 0.3) is 5.91 Å². The van der Waals surface area contributed by atoms with Gasteiger partial charge >= 0.3 is 5.97 Å². The molecule has 1 atom stereocenters. The average molecular weight is 443 g/mol. The second-order valence-electron chi connectivity index (χ2n) is 7.46. The Hall–Kier alpha value is -4.33. The van der Waals surface area contributed by atoms with Crippen LogP contribution in [0.3, 0.4) is 0 Å². The number of amides is 1. The summed E-state index contributed by atoms with van der Waals surface area (Å²) >= 11 is 0. The molecule has 8 nitrogen and oxygen atoms in total. The van der Waals surface area contributed by atoms with Crippen LogP contribution in [0.15, 0.2) is 71.3 Å². The van der Waals surface area contributed by atoms with E-state index in [4.69, 9.17) is 13.9 Å². The highest BCUT2D eigenvalue weighted by molar-refractivity contribution is 6.11. The molecule has 166 valence electrons. The number of nitrogens with zero attached hydrogens (tertiary/aromatic N) is 2. The predicted molar refractivity (Wildman–Crippen MR) is 120 cm³/mol. The maximum atomic E-state index is 13.5. The molecule has 1 N–H and O–H groups in total. The summed E-state index contributed by atoms with van der Waals surface area (Å²) in [6, 6.07) is 17.5. The number of hydrogen-bond donors (Lipinski definition) is 1. The lowest BCUT2D eigenvalue weighted by Gasteiger charge is -2.26. The summed E-state index contributed by atoms with van der Waals surface area (Å²) in [4.78, 5) is 27.2. The van der Waals surface area contributed by atoms with Crippen molar-refractivity contribution in [3.8, 4) is 17.2 Å². The molecule has 5 rings (SSSR count). The number of furan rings is 1. The van der Waals surface area contributed by atoms with Gasteiger partial charge in [0, 0.05) is 11.3 Å². The fraction of sp³-hybridized carbons (Fsp3) is 0.160. The van der Waals surface area contributed by atoms with Crippen LogP contribution >= 0.6 is 0 Å². The Kier molecular flexibility index (Phi) is 5.18. The van der Waals surface area contributed by atoms with Crippen molar-refractivity contribution < 1.29 is 23.5 Å². The highest BCUT2D eigenvalue weighted by Gasteiger charge is 2.43. The molecule has 1 aliphatic rings. The van der Waals surface area contributed by atoms with Crippen molar-refractivity contribution >= 4 is 17.6 Å². The summed E-state index contributed by atoms with van der Waals surface area (Å²) in [5.74, 6) is 0.655. The number of anilines is 1. The van der Waals surface area contributed by atoms with Crippen LogP contribution in [0.5, 0.6) is 5.75 Å². The second kappa shape index (κ2) is 8.31. The Bertz CT molecular complexity index is 1290. The van der Waals surface area contributed by atoms with E-state index in [0.717, 1.165) is 11.1 Å². The molecule has 33 heavy (non-hydrogen) atoms. The van der Waals surface area contributed by atoms with E-state index in [9.17, 15) is 9.59 Å². The zero-order valence-electron chi connectivity index (χ0n) is 18.1. The van der Waals surface area contributed by atoms with Crippen LogP contribution in [0, 0.1) is 0 Å². The van der Waals surface area contributed by atoms with Gasteiger partial charge in [-0.2, -0.15) is 5.10 Å². The number of methoxy groups -OCH3 is 1. The van der Waals surface area contributed by atoms with Crippen LogP contribution in [-0.2, 0) is 4.74 Å². The van der Waals surface area contributed by atoms with Gasteiger partial charge in [-0.25, -0.2) is 4.79 Å². The third-order valence-electron chi connectivity index (χ3n) is 5.61. The first-order valence-corrected chi connectivity index (χ1v) is 10.5. The van der Waals surface area contributed by atoms with Gasteiger partial charge in [0.15, 0.2) is 11.5 Å². The molecule has 0 radical (unpaired) electrons. The van der Waals surface area contributed by atoms with Crippen LogP contribution in [-0.4, -0.2) is 35.8 Å². The van der Waals surface area contributed by atoms with E-state index in [1.807, 2.05) is 30.3 Å². The fourth-order valence-electron chi connectivity index (χ4n) is 4.09. The van der Waals surface area contributed by atoms with Gasteiger partial charge in [0.2, 0.25) is 0 Å². The van der Waals surface area contributed by atoms with Crippen molar-refractivity contribution in [2.45, 2.75) is 13.0 Å². The van der Waals surface area contributed by atoms with Crippen LogP contribution < -0.4 is 9.64 Å². The quantitative estimate of drug-likeness (QED) is 0.437. The van der Waals surface area contributed by atoms with Gasteiger partial charge in [-0.1, -0.05) is 12.1 Å². The molecule has 0 aliphatic carbocycles. The number of aromatic amines is 1. The number of carbonyl (C=O) groups excluding carboxylic acids is 2. The number of aromatic nitrogens is 2. The van der Waals surface area contributed by atoms with E-state index in [2.05, 4.69) is 10.2 Å². The standard InChI is InChI=1S/C25H21N3O5/c1-3-32-25(30)16-6-10-17(11-7-16)28-23(15-8-12-18(31-2)13-9-15)20-21(19-5-4-14-33-19)26-27-22(20)24(28)29/h4-14,23H,3H2,1-2H3,(H,26,27). The minimum Gasteiger partial charge on any atom is -0.497 e. The van der Waals surface area contributed by atoms with E-state index in [0.29, 0.717) is 40.8 Å². The van der Waals surface area contributed by atoms with Crippen LogP contribution in [0.25, 0.3) is 11.5 Å². The van der Waals surface area contributed by atoms with Gasteiger partial charge in [-0.15, -0.1) is 0 Å². The van der Waals surface area contributed by atoms with Crippen molar-refractivity contribution in [2.24, 2.45) is 0 Å². The molecule has 8 heteroatoms. The lowest BCUT2D eigenvalue weighted by Crippen LogP contribution is -2.29. The number of esters is 1. The molecular weight excluding hydrogens is 422 g/mol. The van der Waals surface area contributed by atoms with Crippen molar-refractivity contribution in [1.29, 1.82) is 0 Å². The molecule has 0 saturated carbocycles. The molecule has 1 unspecified atom stereocenters. The molecular formula is C25H21N3O5. The minimum atomic E-state index is -0.453. The molecule has 2 aromatic heterocycles. The Morgan fingerprint density at radius 3 is 2.52 bits per heavy atom. The SMILES string of the molecule is CCOC(=O)c1ccc(N2C(=O)c3n[nH]c(-c4ccco4)c3C2c2ccc(OC)cc2)cc1. The predicted octanol–water partition coefficient (Wildman–Crippen LogP) is 4.60.